The fourth-order valence-corrected chi connectivity index (χ4v) is 4.49. The first-order chi connectivity index (χ1) is 11.5. The van der Waals surface area contributed by atoms with E-state index >= 15 is 0 Å². The summed E-state index contributed by atoms with van der Waals surface area (Å²) in [5, 5.41) is 5.16. The van der Waals surface area contributed by atoms with Crippen LogP contribution in [-0.4, -0.2) is 10.5 Å². The highest BCUT2D eigenvalue weighted by Crippen LogP contribution is 2.45. The molecule has 0 N–H and O–H groups in total. The van der Waals surface area contributed by atoms with Crippen molar-refractivity contribution in [1.29, 1.82) is 0 Å². The van der Waals surface area contributed by atoms with Gasteiger partial charge in [-0.3, -0.25) is 0 Å². The molecule has 1 aliphatic heterocycles. The minimum absolute atomic E-state index is 0.136. The summed E-state index contributed by atoms with van der Waals surface area (Å²) in [4.78, 5) is 2.26. The SMILES string of the molecule is CCC1(C)C/C(=N\OSc2ccc(C)cc2)c2cc(Cl)ccc2S1. The van der Waals surface area contributed by atoms with Gasteiger partial charge in [-0.05, 0) is 50.6 Å². The van der Waals surface area contributed by atoms with Crippen LogP contribution in [0, 0.1) is 6.92 Å². The topological polar surface area (TPSA) is 21.6 Å². The van der Waals surface area contributed by atoms with Crippen molar-refractivity contribution in [3.8, 4) is 0 Å². The number of nitrogens with zero attached hydrogens (tertiary/aromatic N) is 1. The van der Waals surface area contributed by atoms with Gasteiger partial charge in [0.25, 0.3) is 0 Å². The quantitative estimate of drug-likeness (QED) is 0.435. The Morgan fingerprint density at radius 1 is 1.25 bits per heavy atom. The Labute approximate surface area is 157 Å². The molecule has 1 atom stereocenters. The number of benzene rings is 2. The van der Waals surface area contributed by atoms with Gasteiger partial charge in [0, 0.05) is 26.6 Å². The number of fused-ring (bicyclic) bond motifs is 1. The van der Waals surface area contributed by atoms with E-state index in [1.807, 2.05) is 36.0 Å². The van der Waals surface area contributed by atoms with Crippen LogP contribution in [-0.2, 0) is 4.28 Å². The molecule has 0 spiro atoms. The second-order valence-electron chi connectivity index (χ2n) is 6.23. The molecule has 0 amide bonds. The zero-order valence-electron chi connectivity index (χ0n) is 14.0. The van der Waals surface area contributed by atoms with Crippen LogP contribution < -0.4 is 0 Å². The third-order valence-corrected chi connectivity index (χ3v) is 6.55. The Balaban J connectivity index is 1.82. The molecule has 0 fully saturated rings. The van der Waals surface area contributed by atoms with Gasteiger partial charge in [-0.15, -0.1) is 11.8 Å². The molecule has 1 heterocycles. The number of hydrogen-bond donors (Lipinski definition) is 0. The molecule has 24 heavy (non-hydrogen) atoms. The van der Waals surface area contributed by atoms with E-state index in [0.717, 1.165) is 34.0 Å². The van der Waals surface area contributed by atoms with Crippen molar-refractivity contribution in [1.82, 2.24) is 0 Å². The first-order valence-electron chi connectivity index (χ1n) is 7.95. The van der Waals surface area contributed by atoms with Crippen molar-refractivity contribution in [2.75, 3.05) is 0 Å². The summed E-state index contributed by atoms with van der Waals surface area (Å²) in [5.74, 6) is 0. The lowest BCUT2D eigenvalue weighted by molar-refractivity contribution is 0.401. The van der Waals surface area contributed by atoms with Crippen LogP contribution in [0.3, 0.4) is 0 Å². The summed E-state index contributed by atoms with van der Waals surface area (Å²) < 4.78 is 5.72. The lowest BCUT2D eigenvalue weighted by atomic mass is 9.95. The largest absolute Gasteiger partial charge is 0.317 e. The first kappa shape index (κ1) is 17.7. The van der Waals surface area contributed by atoms with Gasteiger partial charge < -0.3 is 4.28 Å². The Morgan fingerprint density at radius 2 is 2.00 bits per heavy atom. The van der Waals surface area contributed by atoms with Gasteiger partial charge in [0.15, 0.2) is 0 Å². The molecule has 0 aliphatic carbocycles. The Bertz CT molecular complexity index is 760. The molecular formula is C19H20ClNOS2. The minimum atomic E-state index is 0.136. The van der Waals surface area contributed by atoms with Gasteiger partial charge in [-0.2, -0.15) is 0 Å². The summed E-state index contributed by atoms with van der Waals surface area (Å²) in [6.07, 6.45) is 1.94. The zero-order valence-corrected chi connectivity index (χ0v) is 16.4. The van der Waals surface area contributed by atoms with Crippen LogP contribution in [0.2, 0.25) is 5.02 Å². The standard InChI is InChI=1S/C19H20ClNOS2/c1-4-19(3)12-17(16-11-14(20)7-10-18(16)23-19)21-22-24-15-8-5-13(2)6-9-15/h5-11H,4,12H2,1-3H3/b21-17+. The van der Waals surface area contributed by atoms with E-state index in [9.17, 15) is 0 Å². The number of rotatable bonds is 4. The number of oxime groups is 1. The molecule has 3 rings (SSSR count). The molecule has 126 valence electrons. The highest BCUT2D eigenvalue weighted by atomic mass is 35.5. The second-order valence-corrected chi connectivity index (χ2v) is 9.08. The average molecular weight is 378 g/mol. The van der Waals surface area contributed by atoms with Gasteiger partial charge in [-0.25, -0.2) is 0 Å². The second kappa shape index (κ2) is 7.42. The molecule has 0 bridgehead atoms. The molecule has 2 nitrogen and oxygen atoms in total. The molecule has 0 aromatic heterocycles. The molecule has 0 saturated heterocycles. The van der Waals surface area contributed by atoms with Crippen LogP contribution >= 0.6 is 35.4 Å². The number of halogens is 1. The number of aryl methyl sites for hydroxylation is 1. The molecule has 5 heteroatoms. The highest BCUT2D eigenvalue weighted by molar-refractivity contribution is 8.00. The molecule has 1 aliphatic rings. The molecule has 2 aromatic rings. The lowest BCUT2D eigenvalue weighted by Gasteiger charge is -2.33. The number of thioether (sulfide) groups is 1. The predicted molar refractivity (Wildman–Crippen MR) is 105 cm³/mol. The highest BCUT2D eigenvalue weighted by Gasteiger charge is 2.33. The van der Waals surface area contributed by atoms with Crippen LogP contribution in [0.1, 0.15) is 37.8 Å². The van der Waals surface area contributed by atoms with Crippen molar-refractivity contribution in [3.05, 3.63) is 58.6 Å². The Morgan fingerprint density at radius 3 is 2.71 bits per heavy atom. The van der Waals surface area contributed by atoms with Crippen molar-refractivity contribution in [2.24, 2.45) is 5.16 Å². The fourth-order valence-electron chi connectivity index (χ4n) is 2.55. The Hall–Kier alpha value is -1.10. The maximum atomic E-state index is 6.18. The van der Waals surface area contributed by atoms with E-state index in [0.29, 0.717) is 0 Å². The molecular weight excluding hydrogens is 358 g/mol. The van der Waals surface area contributed by atoms with Crippen molar-refractivity contribution < 1.29 is 4.28 Å². The third kappa shape index (κ3) is 4.11. The van der Waals surface area contributed by atoms with Gasteiger partial charge in [-0.1, -0.05) is 41.4 Å². The van der Waals surface area contributed by atoms with Gasteiger partial charge in [0.1, 0.15) is 12.0 Å². The van der Waals surface area contributed by atoms with Crippen molar-refractivity contribution in [2.45, 2.75) is 48.2 Å². The molecule has 2 aromatic carbocycles. The van der Waals surface area contributed by atoms with E-state index < -0.39 is 0 Å². The first-order valence-corrected chi connectivity index (χ1v) is 9.89. The van der Waals surface area contributed by atoms with E-state index in [1.54, 1.807) is 0 Å². The van der Waals surface area contributed by atoms with Crippen LogP contribution in [0.15, 0.2) is 57.4 Å². The van der Waals surface area contributed by atoms with Gasteiger partial charge in [0.05, 0.1) is 10.6 Å². The number of hydrogen-bond acceptors (Lipinski definition) is 4. The summed E-state index contributed by atoms with van der Waals surface area (Å²) in [5.41, 5.74) is 3.29. The monoisotopic (exact) mass is 377 g/mol. The van der Waals surface area contributed by atoms with Crippen LogP contribution in [0.25, 0.3) is 0 Å². The normalized spacial score (nSPS) is 21.6. The molecule has 0 saturated carbocycles. The minimum Gasteiger partial charge on any atom is -0.317 e. The Kier molecular flexibility index (Phi) is 5.48. The zero-order chi connectivity index (χ0) is 17.2. The van der Waals surface area contributed by atoms with E-state index in [2.05, 4.69) is 44.1 Å². The van der Waals surface area contributed by atoms with Crippen LogP contribution in [0.4, 0.5) is 0 Å². The average Bonchev–Trinajstić information content (AvgIpc) is 2.57. The summed E-state index contributed by atoms with van der Waals surface area (Å²) >= 11 is 9.36. The summed E-state index contributed by atoms with van der Waals surface area (Å²) in [6, 6.07) is 14.2. The van der Waals surface area contributed by atoms with E-state index in [-0.39, 0.29) is 4.75 Å². The van der Waals surface area contributed by atoms with Gasteiger partial charge >= 0.3 is 0 Å². The van der Waals surface area contributed by atoms with Crippen LogP contribution in [0.5, 0.6) is 0 Å². The molecule has 1 unspecified atom stereocenters. The van der Waals surface area contributed by atoms with Crippen molar-refractivity contribution >= 4 is 41.1 Å². The maximum absolute atomic E-state index is 6.18. The summed E-state index contributed by atoms with van der Waals surface area (Å²) in [6.45, 7) is 6.56. The smallest absolute Gasteiger partial charge is 0.125 e. The van der Waals surface area contributed by atoms with Gasteiger partial charge in [0.2, 0.25) is 0 Å². The third-order valence-electron chi connectivity index (χ3n) is 4.20. The fraction of sp³-hybridized carbons (Fsp3) is 0.316. The van der Waals surface area contributed by atoms with Crippen molar-refractivity contribution in [3.63, 3.8) is 0 Å². The predicted octanol–water partition coefficient (Wildman–Crippen LogP) is 6.74. The molecule has 0 radical (unpaired) electrons. The summed E-state index contributed by atoms with van der Waals surface area (Å²) in [7, 11) is 0. The maximum Gasteiger partial charge on any atom is 0.125 e. The van der Waals surface area contributed by atoms with E-state index in [1.165, 1.54) is 22.5 Å². The lowest BCUT2D eigenvalue weighted by Crippen LogP contribution is -2.28. The van der Waals surface area contributed by atoms with E-state index in [4.69, 9.17) is 15.9 Å².